The molecule has 0 amide bonds. The van der Waals surface area contributed by atoms with E-state index in [0.717, 1.165) is 24.2 Å². The molecule has 2 N–H and O–H groups in total. The van der Waals surface area contributed by atoms with Gasteiger partial charge in [-0.15, -0.1) is 0 Å². The van der Waals surface area contributed by atoms with Crippen molar-refractivity contribution in [2.75, 3.05) is 19.8 Å². The highest BCUT2D eigenvalue weighted by atomic mass is 16.5. The zero-order valence-corrected chi connectivity index (χ0v) is 9.82. The molecule has 1 saturated heterocycles. The Morgan fingerprint density at radius 2 is 2.41 bits per heavy atom. The van der Waals surface area contributed by atoms with Crippen molar-refractivity contribution in [1.82, 2.24) is 0 Å². The van der Waals surface area contributed by atoms with E-state index in [9.17, 15) is 0 Å². The van der Waals surface area contributed by atoms with Crippen molar-refractivity contribution in [3.8, 4) is 11.8 Å². The molecule has 2 rings (SSSR count). The molecule has 0 spiro atoms. The third-order valence-corrected chi connectivity index (χ3v) is 2.64. The largest absolute Gasteiger partial charge is 0.379 e. The van der Waals surface area contributed by atoms with Crippen LogP contribution in [0.25, 0.3) is 0 Å². The minimum absolute atomic E-state index is 0.244. The van der Waals surface area contributed by atoms with Crippen LogP contribution in [0.5, 0.6) is 0 Å². The normalized spacial score (nSPS) is 18.8. The summed E-state index contributed by atoms with van der Waals surface area (Å²) in [6.45, 7) is 2.53. The van der Waals surface area contributed by atoms with E-state index >= 15 is 0 Å². The number of hydrogen-bond donors (Lipinski definition) is 1. The Bertz CT molecular complexity index is 414. The van der Waals surface area contributed by atoms with E-state index in [0.29, 0.717) is 19.8 Å². The first-order chi connectivity index (χ1) is 8.38. The summed E-state index contributed by atoms with van der Waals surface area (Å²) < 4.78 is 11.0. The van der Waals surface area contributed by atoms with Gasteiger partial charge in [-0.3, -0.25) is 0 Å². The molecule has 0 aliphatic carbocycles. The Kier molecular flexibility index (Phi) is 4.57. The molecule has 0 saturated carbocycles. The van der Waals surface area contributed by atoms with Crippen LogP contribution in [-0.2, 0) is 16.1 Å². The Morgan fingerprint density at radius 1 is 1.47 bits per heavy atom. The fourth-order valence-electron chi connectivity index (χ4n) is 1.75. The van der Waals surface area contributed by atoms with Gasteiger partial charge in [-0.25, -0.2) is 0 Å². The molecule has 1 aromatic rings. The number of ether oxygens (including phenoxy) is 2. The van der Waals surface area contributed by atoms with Crippen LogP contribution in [0.15, 0.2) is 24.3 Å². The summed E-state index contributed by atoms with van der Waals surface area (Å²) in [6.07, 6.45) is 1.24. The average molecular weight is 231 g/mol. The van der Waals surface area contributed by atoms with Gasteiger partial charge in [-0.2, -0.15) is 0 Å². The van der Waals surface area contributed by atoms with Crippen molar-refractivity contribution in [3.05, 3.63) is 35.4 Å². The molecule has 1 aliphatic heterocycles. The van der Waals surface area contributed by atoms with Crippen LogP contribution in [0.1, 0.15) is 17.5 Å². The lowest BCUT2D eigenvalue weighted by molar-refractivity contribution is 0.0317. The van der Waals surface area contributed by atoms with Crippen LogP contribution >= 0.6 is 0 Å². The number of benzene rings is 1. The quantitative estimate of drug-likeness (QED) is 0.798. The average Bonchev–Trinajstić information content (AvgIpc) is 2.87. The van der Waals surface area contributed by atoms with Crippen LogP contribution in [0, 0.1) is 11.8 Å². The van der Waals surface area contributed by atoms with Gasteiger partial charge < -0.3 is 15.2 Å². The van der Waals surface area contributed by atoms with Crippen LogP contribution < -0.4 is 5.73 Å². The van der Waals surface area contributed by atoms with E-state index in [2.05, 4.69) is 11.8 Å². The molecular formula is C14H17NO2. The third-order valence-electron chi connectivity index (χ3n) is 2.64. The first kappa shape index (κ1) is 12.1. The van der Waals surface area contributed by atoms with Crippen LogP contribution in [0.4, 0.5) is 0 Å². The Balaban J connectivity index is 1.91. The SMILES string of the molecule is NCC#Cc1cccc(COC2CCOC2)c1. The van der Waals surface area contributed by atoms with Crippen LogP contribution in [0.2, 0.25) is 0 Å². The van der Waals surface area contributed by atoms with E-state index in [1.807, 2.05) is 24.3 Å². The van der Waals surface area contributed by atoms with Crippen molar-refractivity contribution < 1.29 is 9.47 Å². The predicted octanol–water partition coefficient (Wildman–Crippen LogP) is 1.30. The molecule has 1 atom stereocenters. The fraction of sp³-hybridized carbons (Fsp3) is 0.429. The smallest absolute Gasteiger partial charge is 0.0834 e. The van der Waals surface area contributed by atoms with Gasteiger partial charge in [-0.05, 0) is 24.1 Å². The van der Waals surface area contributed by atoms with Crippen molar-refractivity contribution in [3.63, 3.8) is 0 Å². The van der Waals surface area contributed by atoms with E-state index in [1.165, 1.54) is 0 Å². The van der Waals surface area contributed by atoms with Gasteiger partial charge in [0.05, 0.1) is 25.9 Å². The van der Waals surface area contributed by atoms with Gasteiger partial charge in [0.2, 0.25) is 0 Å². The lowest BCUT2D eigenvalue weighted by Gasteiger charge is -2.09. The highest BCUT2D eigenvalue weighted by Gasteiger charge is 2.15. The second kappa shape index (κ2) is 6.41. The van der Waals surface area contributed by atoms with E-state index in [1.54, 1.807) is 0 Å². The molecule has 3 heteroatoms. The highest BCUT2D eigenvalue weighted by molar-refractivity contribution is 5.37. The maximum absolute atomic E-state index is 5.75. The van der Waals surface area contributed by atoms with Crippen LogP contribution in [-0.4, -0.2) is 25.9 Å². The van der Waals surface area contributed by atoms with E-state index in [-0.39, 0.29) is 6.10 Å². The number of rotatable bonds is 3. The standard InChI is InChI=1S/C14H17NO2/c15-7-2-5-12-3-1-4-13(9-12)10-17-14-6-8-16-11-14/h1,3-4,9,14H,6-8,10-11,15H2. The third kappa shape index (κ3) is 3.86. The molecule has 1 fully saturated rings. The maximum atomic E-state index is 5.75. The van der Waals surface area contributed by atoms with Gasteiger partial charge in [0, 0.05) is 12.2 Å². The molecule has 0 aromatic heterocycles. The van der Waals surface area contributed by atoms with Crippen LogP contribution in [0.3, 0.4) is 0 Å². The summed E-state index contributed by atoms with van der Waals surface area (Å²) in [6, 6.07) is 8.05. The summed E-state index contributed by atoms with van der Waals surface area (Å²) >= 11 is 0. The summed E-state index contributed by atoms with van der Waals surface area (Å²) in [7, 11) is 0. The molecule has 1 heterocycles. The molecule has 1 aromatic carbocycles. The second-order valence-electron chi connectivity index (χ2n) is 4.00. The summed E-state index contributed by atoms with van der Waals surface area (Å²) in [5.41, 5.74) is 7.47. The Morgan fingerprint density at radius 3 is 3.18 bits per heavy atom. The topological polar surface area (TPSA) is 44.5 Å². The monoisotopic (exact) mass is 231 g/mol. The Hall–Kier alpha value is -1.34. The first-order valence-corrected chi connectivity index (χ1v) is 5.85. The molecule has 1 aliphatic rings. The maximum Gasteiger partial charge on any atom is 0.0834 e. The summed E-state index contributed by atoms with van der Waals surface area (Å²) in [5, 5.41) is 0. The number of nitrogens with two attached hydrogens (primary N) is 1. The lowest BCUT2D eigenvalue weighted by atomic mass is 10.1. The summed E-state index contributed by atoms with van der Waals surface area (Å²) in [4.78, 5) is 0. The zero-order chi connectivity index (χ0) is 11.9. The Labute approximate surface area is 102 Å². The molecule has 1 unspecified atom stereocenters. The fourth-order valence-corrected chi connectivity index (χ4v) is 1.75. The van der Waals surface area contributed by atoms with Crippen molar-refractivity contribution in [2.24, 2.45) is 5.73 Å². The first-order valence-electron chi connectivity index (χ1n) is 5.85. The number of hydrogen-bond acceptors (Lipinski definition) is 3. The van der Waals surface area contributed by atoms with Gasteiger partial charge >= 0.3 is 0 Å². The minimum Gasteiger partial charge on any atom is -0.379 e. The molecule has 0 bridgehead atoms. The molecule has 17 heavy (non-hydrogen) atoms. The molecular weight excluding hydrogens is 214 g/mol. The summed E-state index contributed by atoms with van der Waals surface area (Å²) in [5.74, 6) is 5.86. The molecule has 3 nitrogen and oxygen atoms in total. The van der Waals surface area contributed by atoms with Gasteiger partial charge in [0.1, 0.15) is 0 Å². The zero-order valence-electron chi connectivity index (χ0n) is 9.82. The van der Waals surface area contributed by atoms with Crippen molar-refractivity contribution in [2.45, 2.75) is 19.1 Å². The highest BCUT2D eigenvalue weighted by Crippen LogP contribution is 2.12. The lowest BCUT2D eigenvalue weighted by Crippen LogP contribution is -2.11. The van der Waals surface area contributed by atoms with Crippen molar-refractivity contribution in [1.29, 1.82) is 0 Å². The molecule has 0 radical (unpaired) electrons. The van der Waals surface area contributed by atoms with Gasteiger partial charge in [-0.1, -0.05) is 24.0 Å². The van der Waals surface area contributed by atoms with Gasteiger partial charge in [0.25, 0.3) is 0 Å². The van der Waals surface area contributed by atoms with Gasteiger partial charge in [0.15, 0.2) is 0 Å². The van der Waals surface area contributed by atoms with Crippen molar-refractivity contribution >= 4 is 0 Å². The molecule has 90 valence electrons. The minimum atomic E-state index is 0.244. The van der Waals surface area contributed by atoms with E-state index in [4.69, 9.17) is 15.2 Å². The van der Waals surface area contributed by atoms with E-state index < -0.39 is 0 Å². The predicted molar refractivity (Wildman–Crippen MR) is 66.4 cm³/mol. The second-order valence-corrected chi connectivity index (χ2v) is 4.00.